The number of sulfonamides is 1. The first kappa shape index (κ1) is 21.5. The lowest BCUT2D eigenvalue weighted by atomic mass is 10.2. The molecule has 7 nitrogen and oxygen atoms in total. The maximum Gasteiger partial charge on any atom is 0.243 e. The number of benzene rings is 2. The molecule has 2 aromatic carbocycles. The third kappa shape index (κ3) is 4.30. The van der Waals surface area contributed by atoms with Crippen molar-refractivity contribution >= 4 is 43.2 Å². The fraction of sp³-hybridized carbons (Fsp3) is 0.391. The van der Waals surface area contributed by atoms with E-state index in [0.29, 0.717) is 18.8 Å². The quantitative estimate of drug-likeness (QED) is 0.592. The number of nitrogens with zero attached hydrogens (tertiary/aromatic N) is 3. The molecule has 0 radical (unpaired) electrons. The summed E-state index contributed by atoms with van der Waals surface area (Å²) in [7, 11) is -3.51. The van der Waals surface area contributed by atoms with Gasteiger partial charge in [0.1, 0.15) is 5.01 Å². The van der Waals surface area contributed by atoms with Crippen molar-refractivity contribution in [1.82, 2.24) is 14.2 Å². The first-order valence-corrected chi connectivity index (χ1v) is 13.3. The molecule has 1 atom stereocenters. The minimum atomic E-state index is -3.51. The molecule has 0 spiro atoms. The number of thiazole rings is 1. The van der Waals surface area contributed by atoms with Gasteiger partial charge in [0.05, 0.1) is 27.7 Å². The normalized spacial score (nSPS) is 20.2. The molecule has 5 rings (SSSR count). The Morgan fingerprint density at radius 1 is 1.06 bits per heavy atom. The van der Waals surface area contributed by atoms with E-state index in [0.717, 1.165) is 47.5 Å². The Hall–Kier alpha value is -2.33. The van der Waals surface area contributed by atoms with E-state index in [-0.39, 0.29) is 23.4 Å². The summed E-state index contributed by atoms with van der Waals surface area (Å²) in [5, 5.41) is 3.94. The van der Waals surface area contributed by atoms with E-state index in [4.69, 9.17) is 4.98 Å². The predicted octanol–water partition coefficient (Wildman–Crippen LogP) is 3.86. The molecule has 1 aromatic heterocycles. The molecule has 2 saturated heterocycles. The van der Waals surface area contributed by atoms with E-state index in [1.165, 1.54) is 4.31 Å². The number of carbonyl (C=O) groups excluding carboxylic acids is 1. The van der Waals surface area contributed by atoms with Gasteiger partial charge in [0.15, 0.2) is 0 Å². The van der Waals surface area contributed by atoms with Crippen molar-refractivity contribution in [2.75, 3.05) is 31.5 Å². The van der Waals surface area contributed by atoms with E-state index < -0.39 is 10.0 Å². The van der Waals surface area contributed by atoms with Crippen molar-refractivity contribution in [3.05, 3.63) is 53.5 Å². The lowest BCUT2D eigenvalue weighted by Crippen LogP contribution is -2.33. The zero-order chi connectivity index (χ0) is 22.1. The van der Waals surface area contributed by atoms with Gasteiger partial charge in [0.2, 0.25) is 15.9 Å². The van der Waals surface area contributed by atoms with Crippen molar-refractivity contribution in [2.24, 2.45) is 0 Å². The number of hydrogen-bond donors (Lipinski definition) is 1. The molecule has 0 saturated carbocycles. The summed E-state index contributed by atoms with van der Waals surface area (Å²) in [4.78, 5) is 20.0. The molecule has 168 valence electrons. The molecule has 9 heteroatoms. The Labute approximate surface area is 192 Å². The Morgan fingerprint density at radius 3 is 2.69 bits per heavy atom. The Morgan fingerprint density at radius 2 is 1.88 bits per heavy atom. The maximum atomic E-state index is 12.8. The van der Waals surface area contributed by atoms with E-state index in [1.807, 2.05) is 18.2 Å². The average molecular weight is 471 g/mol. The molecular weight excluding hydrogens is 444 g/mol. The van der Waals surface area contributed by atoms with Crippen LogP contribution in [0.1, 0.15) is 36.7 Å². The largest absolute Gasteiger partial charge is 0.325 e. The lowest BCUT2D eigenvalue weighted by molar-refractivity contribution is -0.117. The molecule has 0 aliphatic carbocycles. The second kappa shape index (κ2) is 8.90. The standard InChI is InChI=1S/C23H26N4O3S2/c28-22(24-17-7-5-8-18(15-17)32(29,30)27-13-3-4-14-27)16-26-12-6-10-20(26)23-25-19-9-1-2-11-21(19)31-23/h1-2,5,7-9,11,15,20H,3-4,6,10,12-14,16H2,(H,24,28). The molecule has 0 bridgehead atoms. The van der Waals surface area contributed by atoms with Crippen molar-refractivity contribution in [2.45, 2.75) is 36.6 Å². The number of anilines is 1. The number of likely N-dealkylation sites (tertiary alicyclic amines) is 1. The van der Waals surface area contributed by atoms with Crippen LogP contribution in [0.5, 0.6) is 0 Å². The van der Waals surface area contributed by atoms with Crippen LogP contribution in [-0.2, 0) is 14.8 Å². The van der Waals surface area contributed by atoms with Gasteiger partial charge in [0, 0.05) is 18.8 Å². The number of rotatable bonds is 6. The van der Waals surface area contributed by atoms with Gasteiger partial charge >= 0.3 is 0 Å². The molecule has 1 unspecified atom stereocenters. The van der Waals surface area contributed by atoms with E-state index >= 15 is 0 Å². The molecule has 2 aliphatic heterocycles. The predicted molar refractivity (Wildman–Crippen MR) is 126 cm³/mol. The highest BCUT2D eigenvalue weighted by molar-refractivity contribution is 7.89. The molecule has 3 aromatic rings. The average Bonchev–Trinajstić information content (AvgIpc) is 3.54. The monoisotopic (exact) mass is 470 g/mol. The number of nitrogens with one attached hydrogen (secondary N) is 1. The van der Waals surface area contributed by atoms with Crippen LogP contribution in [0.2, 0.25) is 0 Å². The zero-order valence-electron chi connectivity index (χ0n) is 17.7. The topological polar surface area (TPSA) is 82.6 Å². The lowest BCUT2D eigenvalue weighted by Gasteiger charge is -2.22. The maximum absolute atomic E-state index is 12.8. The minimum Gasteiger partial charge on any atom is -0.325 e. The van der Waals surface area contributed by atoms with Crippen LogP contribution in [0.15, 0.2) is 53.4 Å². The van der Waals surface area contributed by atoms with Gasteiger partial charge in [0.25, 0.3) is 0 Å². The van der Waals surface area contributed by atoms with Crippen LogP contribution in [0.3, 0.4) is 0 Å². The summed E-state index contributed by atoms with van der Waals surface area (Å²) in [5.74, 6) is -0.145. The highest BCUT2D eigenvalue weighted by atomic mass is 32.2. The zero-order valence-corrected chi connectivity index (χ0v) is 19.4. The number of amides is 1. The third-order valence-electron chi connectivity index (χ3n) is 6.13. The number of para-hydroxylation sites is 1. The van der Waals surface area contributed by atoms with Crippen LogP contribution in [0.4, 0.5) is 5.69 Å². The molecule has 2 aliphatic rings. The molecule has 32 heavy (non-hydrogen) atoms. The van der Waals surface area contributed by atoms with Gasteiger partial charge in [-0.15, -0.1) is 11.3 Å². The first-order chi connectivity index (χ1) is 15.5. The summed E-state index contributed by atoms with van der Waals surface area (Å²) in [6, 6.07) is 14.8. The van der Waals surface area contributed by atoms with Crippen molar-refractivity contribution in [1.29, 1.82) is 0 Å². The third-order valence-corrected chi connectivity index (χ3v) is 9.16. The second-order valence-electron chi connectivity index (χ2n) is 8.34. The van der Waals surface area contributed by atoms with Gasteiger partial charge in [-0.05, 0) is 62.6 Å². The molecule has 1 N–H and O–H groups in total. The molecule has 1 amide bonds. The van der Waals surface area contributed by atoms with Crippen LogP contribution in [-0.4, -0.2) is 54.7 Å². The van der Waals surface area contributed by atoms with E-state index in [2.05, 4.69) is 16.3 Å². The Balaban J connectivity index is 1.27. The number of hydrogen-bond acceptors (Lipinski definition) is 6. The van der Waals surface area contributed by atoms with Gasteiger partial charge in [-0.1, -0.05) is 18.2 Å². The second-order valence-corrected chi connectivity index (χ2v) is 11.3. The number of carbonyl (C=O) groups is 1. The SMILES string of the molecule is O=C(CN1CCCC1c1nc2ccccc2s1)Nc1cccc(S(=O)(=O)N2CCCC2)c1. The Bertz CT molecular complexity index is 1200. The summed E-state index contributed by atoms with van der Waals surface area (Å²) in [5.41, 5.74) is 1.51. The fourth-order valence-electron chi connectivity index (χ4n) is 4.52. The van der Waals surface area contributed by atoms with Crippen LogP contribution >= 0.6 is 11.3 Å². The van der Waals surface area contributed by atoms with Gasteiger partial charge < -0.3 is 5.32 Å². The van der Waals surface area contributed by atoms with E-state index in [1.54, 1.807) is 35.6 Å². The highest BCUT2D eigenvalue weighted by Crippen LogP contribution is 2.36. The summed E-state index contributed by atoms with van der Waals surface area (Å²) >= 11 is 1.69. The first-order valence-electron chi connectivity index (χ1n) is 11.0. The smallest absolute Gasteiger partial charge is 0.243 e. The van der Waals surface area contributed by atoms with Crippen LogP contribution in [0.25, 0.3) is 10.2 Å². The van der Waals surface area contributed by atoms with Gasteiger partial charge in [-0.25, -0.2) is 13.4 Å². The highest BCUT2D eigenvalue weighted by Gasteiger charge is 2.30. The van der Waals surface area contributed by atoms with Crippen molar-refractivity contribution in [3.63, 3.8) is 0 Å². The van der Waals surface area contributed by atoms with Crippen LogP contribution < -0.4 is 5.32 Å². The number of fused-ring (bicyclic) bond motifs is 1. The fourth-order valence-corrected chi connectivity index (χ4v) is 7.23. The summed E-state index contributed by atoms with van der Waals surface area (Å²) < 4.78 is 28.3. The van der Waals surface area contributed by atoms with Gasteiger partial charge in [-0.2, -0.15) is 4.31 Å². The van der Waals surface area contributed by atoms with Crippen molar-refractivity contribution in [3.8, 4) is 0 Å². The van der Waals surface area contributed by atoms with Crippen LogP contribution in [0, 0.1) is 0 Å². The number of aromatic nitrogens is 1. The molecule has 3 heterocycles. The van der Waals surface area contributed by atoms with Gasteiger partial charge in [-0.3, -0.25) is 9.69 Å². The summed E-state index contributed by atoms with van der Waals surface area (Å²) in [6.07, 6.45) is 3.79. The Kier molecular flexibility index (Phi) is 5.98. The summed E-state index contributed by atoms with van der Waals surface area (Å²) in [6.45, 7) is 2.21. The van der Waals surface area contributed by atoms with E-state index in [9.17, 15) is 13.2 Å². The minimum absolute atomic E-state index is 0.139. The molecule has 2 fully saturated rings. The van der Waals surface area contributed by atoms with Crippen molar-refractivity contribution < 1.29 is 13.2 Å². The molecular formula is C23H26N4O3S2.